The van der Waals surface area contributed by atoms with E-state index < -0.39 is 35.3 Å². The van der Waals surface area contributed by atoms with Gasteiger partial charge in [-0.15, -0.1) is 11.3 Å². The number of nitrogens with zero attached hydrogens (tertiary/aromatic N) is 3. The van der Waals surface area contributed by atoms with Gasteiger partial charge in [0, 0.05) is 37.9 Å². The lowest BCUT2D eigenvalue weighted by Gasteiger charge is -2.28. The molecule has 198 valence electrons. The van der Waals surface area contributed by atoms with Crippen LogP contribution in [0.3, 0.4) is 0 Å². The fraction of sp³-hybridized carbons (Fsp3) is 0.565. The van der Waals surface area contributed by atoms with Gasteiger partial charge >= 0.3 is 6.18 Å². The van der Waals surface area contributed by atoms with E-state index >= 15 is 0 Å². The summed E-state index contributed by atoms with van der Waals surface area (Å²) < 4.78 is 55.0. The fourth-order valence-corrected chi connectivity index (χ4v) is 4.47. The van der Waals surface area contributed by atoms with Gasteiger partial charge in [-0.3, -0.25) is 9.59 Å². The van der Waals surface area contributed by atoms with Crippen LogP contribution in [0.2, 0.25) is 0 Å². The van der Waals surface area contributed by atoms with E-state index in [1.54, 1.807) is 6.92 Å². The molecule has 0 aromatic carbocycles. The van der Waals surface area contributed by atoms with Gasteiger partial charge in [-0.1, -0.05) is 6.92 Å². The highest BCUT2D eigenvalue weighted by molar-refractivity contribution is 7.17. The Kier molecular flexibility index (Phi) is 8.55. The maximum atomic E-state index is 13.8. The Morgan fingerprint density at radius 2 is 1.92 bits per heavy atom. The summed E-state index contributed by atoms with van der Waals surface area (Å²) in [5.74, 6) is -1.62. The Hall–Kier alpha value is -2.80. The van der Waals surface area contributed by atoms with Crippen molar-refractivity contribution in [3.05, 3.63) is 28.5 Å². The monoisotopic (exact) mass is 531 g/mol. The molecule has 0 atom stereocenters. The van der Waals surface area contributed by atoms with Crippen molar-refractivity contribution in [3.63, 3.8) is 0 Å². The number of aliphatic hydroxyl groups is 1. The molecule has 0 bridgehead atoms. The zero-order valence-electron chi connectivity index (χ0n) is 20.2. The molecule has 2 aromatic heterocycles. The van der Waals surface area contributed by atoms with Crippen LogP contribution in [0.5, 0.6) is 0 Å². The molecule has 0 spiro atoms. The van der Waals surface area contributed by atoms with Crippen LogP contribution in [0.4, 0.5) is 23.4 Å². The number of amides is 2. The van der Waals surface area contributed by atoms with Crippen molar-refractivity contribution in [2.75, 3.05) is 31.5 Å². The average molecular weight is 532 g/mol. The van der Waals surface area contributed by atoms with Gasteiger partial charge in [0.05, 0.1) is 16.0 Å². The van der Waals surface area contributed by atoms with E-state index in [0.29, 0.717) is 6.42 Å². The van der Waals surface area contributed by atoms with Gasteiger partial charge in [-0.05, 0) is 39.2 Å². The SMILES string of the molecule is CCCNc1ncc(-c2sc(C(=O)NCC(C)(C)O)nc2C(=O)N2CCC(F)CC2)cc1C(F)(F)F. The van der Waals surface area contributed by atoms with Gasteiger partial charge in [-0.2, -0.15) is 13.2 Å². The zero-order valence-corrected chi connectivity index (χ0v) is 21.0. The number of piperidine rings is 1. The number of thiazole rings is 1. The molecule has 1 aliphatic rings. The van der Waals surface area contributed by atoms with Crippen LogP contribution in [-0.2, 0) is 6.18 Å². The van der Waals surface area contributed by atoms with Crippen LogP contribution in [0.15, 0.2) is 12.3 Å². The number of anilines is 1. The lowest BCUT2D eigenvalue weighted by Crippen LogP contribution is -2.39. The number of alkyl halides is 4. The number of carbonyl (C=O) groups excluding carboxylic acids is 2. The fourth-order valence-electron chi connectivity index (χ4n) is 3.52. The average Bonchev–Trinajstić information content (AvgIpc) is 3.25. The van der Waals surface area contributed by atoms with E-state index in [4.69, 9.17) is 0 Å². The van der Waals surface area contributed by atoms with Crippen molar-refractivity contribution in [2.24, 2.45) is 0 Å². The molecule has 1 saturated heterocycles. The molecule has 2 amide bonds. The number of hydrogen-bond acceptors (Lipinski definition) is 7. The van der Waals surface area contributed by atoms with Gasteiger partial charge in [0.15, 0.2) is 5.01 Å². The summed E-state index contributed by atoms with van der Waals surface area (Å²) >= 11 is 0.753. The van der Waals surface area contributed by atoms with Crippen LogP contribution < -0.4 is 10.6 Å². The van der Waals surface area contributed by atoms with E-state index in [2.05, 4.69) is 20.6 Å². The van der Waals surface area contributed by atoms with Gasteiger partial charge in [-0.25, -0.2) is 14.4 Å². The normalized spacial score (nSPS) is 15.2. The molecule has 0 unspecified atom stereocenters. The molecule has 1 aliphatic heterocycles. The van der Waals surface area contributed by atoms with Crippen LogP contribution in [0.1, 0.15) is 65.9 Å². The summed E-state index contributed by atoms with van der Waals surface area (Å²) in [6.07, 6.45) is -3.68. The highest BCUT2D eigenvalue weighted by Crippen LogP contribution is 2.39. The minimum Gasteiger partial charge on any atom is -0.389 e. The van der Waals surface area contributed by atoms with Gasteiger partial charge in [0.2, 0.25) is 0 Å². The Bertz CT molecular complexity index is 1090. The van der Waals surface area contributed by atoms with Crippen molar-refractivity contribution in [1.29, 1.82) is 0 Å². The standard InChI is InChI=1S/C23H29F4N5O3S/c1-4-7-28-18-15(23(25,26)27)10-13(11-29-18)17-16(21(34)32-8-5-14(24)6-9-32)31-20(36-17)19(33)30-12-22(2,3)35/h10-11,14,35H,4-9,12H2,1-3H3,(H,28,29)(H,30,33). The first kappa shape index (κ1) is 27.8. The number of rotatable bonds is 8. The van der Waals surface area contributed by atoms with E-state index in [0.717, 1.165) is 17.4 Å². The minimum absolute atomic E-state index is 0.0212. The quantitative estimate of drug-likeness (QED) is 0.443. The molecule has 1 fully saturated rings. The number of halogens is 4. The molecule has 0 saturated carbocycles. The largest absolute Gasteiger partial charge is 0.419 e. The third-order valence-electron chi connectivity index (χ3n) is 5.41. The molecule has 3 rings (SSSR count). The second-order valence-electron chi connectivity index (χ2n) is 9.20. The van der Waals surface area contributed by atoms with Crippen molar-refractivity contribution in [3.8, 4) is 10.4 Å². The molecule has 8 nitrogen and oxygen atoms in total. The summed E-state index contributed by atoms with van der Waals surface area (Å²) in [7, 11) is 0. The molecule has 3 N–H and O–H groups in total. The lowest BCUT2D eigenvalue weighted by molar-refractivity contribution is -0.137. The number of aromatic nitrogens is 2. The minimum atomic E-state index is -4.72. The summed E-state index contributed by atoms with van der Waals surface area (Å²) in [4.78, 5) is 35.5. The summed E-state index contributed by atoms with van der Waals surface area (Å²) in [5.41, 5.74) is -2.44. The number of hydrogen-bond donors (Lipinski definition) is 3. The van der Waals surface area contributed by atoms with E-state index in [1.165, 1.54) is 24.9 Å². The predicted molar refractivity (Wildman–Crippen MR) is 128 cm³/mol. The van der Waals surface area contributed by atoms with Crippen LogP contribution in [-0.4, -0.2) is 69.7 Å². The first-order valence-electron chi connectivity index (χ1n) is 11.6. The van der Waals surface area contributed by atoms with Gasteiger partial charge in [0.25, 0.3) is 11.8 Å². The number of carbonyl (C=O) groups is 2. The van der Waals surface area contributed by atoms with Crippen molar-refractivity contribution >= 4 is 29.0 Å². The maximum Gasteiger partial charge on any atom is 0.419 e. The summed E-state index contributed by atoms with van der Waals surface area (Å²) in [6.45, 7) is 5.22. The van der Waals surface area contributed by atoms with Crippen LogP contribution in [0.25, 0.3) is 10.4 Å². The Morgan fingerprint density at radius 1 is 1.25 bits per heavy atom. The third-order valence-corrected chi connectivity index (χ3v) is 6.52. The highest BCUT2D eigenvalue weighted by atomic mass is 32.1. The Labute approximate surface area is 210 Å². The van der Waals surface area contributed by atoms with Crippen LogP contribution >= 0.6 is 11.3 Å². The zero-order chi connectivity index (χ0) is 26.7. The first-order chi connectivity index (χ1) is 16.8. The third kappa shape index (κ3) is 6.90. The lowest BCUT2D eigenvalue weighted by atomic mass is 10.1. The molecule has 3 heterocycles. The second-order valence-corrected chi connectivity index (χ2v) is 10.2. The highest BCUT2D eigenvalue weighted by Gasteiger charge is 2.36. The van der Waals surface area contributed by atoms with E-state index in [9.17, 15) is 32.3 Å². The molecule has 0 aliphatic carbocycles. The molecular formula is C23H29F4N5O3S. The number of likely N-dealkylation sites (tertiary alicyclic amines) is 1. The van der Waals surface area contributed by atoms with E-state index in [-0.39, 0.29) is 66.0 Å². The maximum absolute atomic E-state index is 13.8. The van der Waals surface area contributed by atoms with Crippen molar-refractivity contribution in [1.82, 2.24) is 20.2 Å². The molecule has 13 heteroatoms. The molecule has 36 heavy (non-hydrogen) atoms. The smallest absolute Gasteiger partial charge is 0.389 e. The molecule has 0 radical (unpaired) electrons. The topological polar surface area (TPSA) is 107 Å². The van der Waals surface area contributed by atoms with Crippen LogP contribution in [0, 0.1) is 0 Å². The molecule has 2 aromatic rings. The summed E-state index contributed by atoms with van der Waals surface area (Å²) in [5, 5.41) is 14.9. The predicted octanol–water partition coefficient (Wildman–Crippen LogP) is 4.12. The first-order valence-corrected chi connectivity index (χ1v) is 12.4. The Balaban J connectivity index is 2.05. The van der Waals surface area contributed by atoms with Gasteiger partial charge < -0.3 is 20.6 Å². The number of pyridine rings is 1. The van der Waals surface area contributed by atoms with Crippen molar-refractivity contribution in [2.45, 2.75) is 58.0 Å². The van der Waals surface area contributed by atoms with Crippen molar-refractivity contribution < 1.29 is 32.3 Å². The number of nitrogens with one attached hydrogen (secondary N) is 2. The van der Waals surface area contributed by atoms with E-state index in [1.807, 2.05) is 0 Å². The van der Waals surface area contributed by atoms with Gasteiger partial charge in [0.1, 0.15) is 17.7 Å². The Morgan fingerprint density at radius 3 is 2.50 bits per heavy atom. The second kappa shape index (κ2) is 11.1. The summed E-state index contributed by atoms with van der Waals surface area (Å²) in [6, 6.07) is 0.877. The molecular weight excluding hydrogens is 502 g/mol.